The zero-order valence-corrected chi connectivity index (χ0v) is 17.8. The molecule has 0 spiro atoms. The van der Waals surface area contributed by atoms with Crippen LogP contribution in [0.25, 0.3) is 0 Å². The molecule has 2 aromatic rings. The van der Waals surface area contributed by atoms with Crippen molar-refractivity contribution in [3.05, 3.63) is 58.4 Å². The van der Waals surface area contributed by atoms with E-state index in [9.17, 15) is 9.18 Å². The molecule has 156 valence electrons. The largest absolute Gasteiger partial charge is 0.496 e. The van der Waals surface area contributed by atoms with E-state index in [1.807, 2.05) is 13.8 Å². The van der Waals surface area contributed by atoms with Crippen LogP contribution in [-0.4, -0.2) is 45.7 Å². The summed E-state index contributed by atoms with van der Waals surface area (Å²) in [7, 11) is 1.62. The third-order valence-corrected chi connectivity index (χ3v) is 5.70. The van der Waals surface area contributed by atoms with E-state index < -0.39 is 0 Å². The van der Waals surface area contributed by atoms with Gasteiger partial charge in [0.1, 0.15) is 44.3 Å². The molecule has 2 aromatic carbocycles. The van der Waals surface area contributed by atoms with Crippen molar-refractivity contribution in [1.82, 2.24) is 0 Å². The summed E-state index contributed by atoms with van der Waals surface area (Å²) in [6.07, 6.45) is 0. The number of methoxy groups -OCH3 is 1. The maximum Gasteiger partial charge on any atom is 0.279 e. The quantitative estimate of drug-likeness (QED) is 0.667. The fourth-order valence-electron chi connectivity index (χ4n) is 4.25. The second-order valence-electron chi connectivity index (χ2n) is 8.13. The summed E-state index contributed by atoms with van der Waals surface area (Å²) >= 11 is 0. The van der Waals surface area contributed by atoms with E-state index in [1.165, 1.54) is 21.4 Å². The molecule has 0 unspecified atom stereocenters. The molecule has 0 atom stereocenters. The van der Waals surface area contributed by atoms with E-state index in [0.717, 1.165) is 60.9 Å². The average molecular weight is 402 g/mol. The molecule has 1 fully saturated rings. The summed E-state index contributed by atoms with van der Waals surface area (Å²) in [5.41, 5.74) is 5.24. The first kappa shape index (κ1) is 21.3. The number of anilines is 1. The fourth-order valence-corrected chi connectivity index (χ4v) is 4.25. The lowest BCUT2D eigenvalue weighted by atomic mass is 10.1. The van der Waals surface area contributed by atoms with Crippen LogP contribution in [0.2, 0.25) is 0 Å². The normalized spacial score (nSPS) is 19.1. The Balaban J connectivity index is 1.51. The van der Waals surface area contributed by atoms with Gasteiger partial charge in [-0.3, -0.25) is 4.79 Å². The molecule has 3 rings (SSSR count). The molecule has 3 N–H and O–H groups in total. The molecule has 1 aliphatic heterocycles. The zero-order valence-electron chi connectivity index (χ0n) is 17.8. The maximum atomic E-state index is 13.6. The summed E-state index contributed by atoms with van der Waals surface area (Å²) in [4.78, 5) is 15.3. The second kappa shape index (κ2) is 9.37. The molecule has 6 heteroatoms. The van der Waals surface area contributed by atoms with E-state index in [0.29, 0.717) is 6.54 Å². The minimum Gasteiger partial charge on any atom is -0.496 e. The molecule has 1 amide bonds. The molecule has 5 nitrogen and oxygen atoms in total. The Labute approximate surface area is 172 Å². The molecule has 1 heterocycles. The Morgan fingerprint density at radius 2 is 1.66 bits per heavy atom. The van der Waals surface area contributed by atoms with Crippen LogP contribution in [-0.2, 0) is 11.3 Å². The van der Waals surface area contributed by atoms with Gasteiger partial charge in [0.15, 0.2) is 6.54 Å². The lowest BCUT2D eigenvalue weighted by Crippen LogP contribution is -3.28. The van der Waals surface area contributed by atoms with Crippen LogP contribution < -0.4 is 19.9 Å². The van der Waals surface area contributed by atoms with Gasteiger partial charge >= 0.3 is 0 Å². The van der Waals surface area contributed by atoms with Crippen molar-refractivity contribution in [2.45, 2.75) is 27.3 Å². The first-order valence-corrected chi connectivity index (χ1v) is 10.2. The van der Waals surface area contributed by atoms with Crippen molar-refractivity contribution in [1.29, 1.82) is 0 Å². The lowest BCUT2D eigenvalue weighted by Gasteiger charge is -2.29. The topological polar surface area (TPSA) is 47.2 Å². The Morgan fingerprint density at radius 3 is 2.28 bits per heavy atom. The molecular weight excluding hydrogens is 369 g/mol. The highest BCUT2D eigenvalue weighted by Crippen LogP contribution is 2.21. The number of piperazine rings is 1. The van der Waals surface area contributed by atoms with E-state index in [-0.39, 0.29) is 11.7 Å². The van der Waals surface area contributed by atoms with Gasteiger partial charge in [-0.05, 0) is 50.1 Å². The highest BCUT2D eigenvalue weighted by atomic mass is 19.1. The van der Waals surface area contributed by atoms with Crippen molar-refractivity contribution < 1.29 is 23.7 Å². The van der Waals surface area contributed by atoms with Crippen molar-refractivity contribution in [3.63, 3.8) is 0 Å². The van der Waals surface area contributed by atoms with Gasteiger partial charge in [0, 0.05) is 5.69 Å². The zero-order chi connectivity index (χ0) is 21.0. The summed E-state index contributed by atoms with van der Waals surface area (Å²) in [5, 5.41) is 3.10. The number of halogens is 1. The maximum absolute atomic E-state index is 13.6. The number of hydrogen-bond acceptors (Lipinski definition) is 2. The SMILES string of the molecule is COc1ccc(F)cc1C[NH+]1CC[NH+](CC(=O)Nc2c(C)cc(C)cc2C)CC1. The molecule has 0 saturated carbocycles. The molecular formula is C23H32FN3O2+2. The van der Waals surface area contributed by atoms with Gasteiger partial charge < -0.3 is 19.9 Å². The summed E-state index contributed by atoms with van der Waals surface area (Å²) < 4.78 is 18.9. The van der Waals surface area contributed by atoms with Crippen LogP contribution in [0, 0.1) is 26.6 Å². The number of nitrogens with one attached hydrogen (secondary N) is 3. The molecule has 0 bridgehead atoms. The number of hydrogen-bond donors (Lipinski definition) is 3. The van der Waals surface area contributed by atoms with Gasteiger partial charge in [0.25, 0.3) is 5.91 Å². The van der Waals surface area contributed by atoms with E-state index in [1.54, 1.807) is 19.2 Å². The number of carbonyl (C=O) groups excluding carboxylic acids is 1. The predicted molar refractivity (Wildman–Crippen MR) is 112 cm³/mol. The van der Waals surface area contributed by atoms with Crippen molar-refractivity contribution in [2.75, 3.05) is 45.2 Å². The van der Waals surface area contributed by atoms with Gasteiger partial charge in [-0.2, -0.15) is 0 Å². The van der Waals surface area contributed by atoms with Gasteiger partial charge in [0.05, 0.1) is 12.7 Å². The van der Waals surface area contributed by atoms with Crippen LogP contribution in [0.15, 0.2) is 30.3 Å². The molecule has 0 aliphatic carbocycles. The van der Waals surface area contributed by atoms with Crippen molar-refractivity contribution in [3.8, 4) is 5.75 Å². The van der Waals surface area contributed by atoms with Gasteiger partial charge in [-0.25, -0.2) is 4.39 Å². The average Bonchev–Trinajstić information content (AvgIpc) is 2.66. The molecule has 0 radical (unpaired) electrons. The molecule has 1 aliphatic rings. The monoisotopic (exact) mass is 401 g/mol. The smallest absolute Gasteiger partial charge is 0.279 e. The van der Waals surface area contributed by atoms with Crippen molar-refractivity contribution >= 4 is 11.6 Å². The van der Waals surface area contributed by atoms with Crippen LogP contribution in [0.1, 0.15) is 22.3 Å². The van der Waals surface area contributed by atoms with Gasteiger partial charge in [-0.15, -0.1) is 0 Å². The third kappa shape index (κ3) is 5.55. The van der Waals surface area contributed by atoms with E-state index in [2.05, 4.69) is 24.4 Å². The third-order valence-electron chi connectivity index (χ3n) is 5.70. The minimum atomic E-state index is -0.233. The summed E-state index contributed by atoms with van der Waals surface area (Å²) in [5.74, 6) is 0.560. The van der Waals surface area contributed by atoms with Crippen LogP contribution in [0.4, 0.5) is 10.1 Å². The Bertz CT molecular complexity index is 853. The van der Waals surface area contributed by atoms with E-state index >= 15 is 0 Å². The Hall–Kier alpha value is -2.44. The van der Waals surface area contributed by atoms with E-state index in [4.69, 9.17) is 4.74 Å². The molecule has 0 aromatic heterocycles. The highest BCUT2D eigenvalue weighted by molar-refractivity contribution is 5.93. The predicted octanol–water partition coefficient (Wildman–Crippen LogP) is 0.682. The number of quaternary nitrogens is 2. The Kier molecular flexibility index (Phi) is 6.87. The Morgan fingerprint density at radius 1 is 1.03 bits per heavy atom. The standard InChI is InChI=1S/C23H30FN3O2/c1-16-11-17(2)23(18(3)12-16)25-22(28)15-27-9-7-26(8-10-27)14-19-13-20(24)5-6-21(19)29-4/h5-6,11-13H,7-10,14-15H2,1-4H3,(H,25,28)/p+2. The summed E-state index contributed by atoms with van der Waals surface area (Å²) in [6, 6.07) is 8.86. The van der Waals surface area contributed by atoms with Crippen LogP contribution in [0.3, 0.4) is 0 Å². The fraction of sp³-hybridized carbons (Fsp3) is 0.435. The highest BCUT2D eigenvalue weighted by Gasteiger charge is 2.26. The molecule has 29 heavy (non-hydrogen) atoms. The number of ether oxygens (including phenoxy) is 1. The molecule has 1 saturated heterocycles. The lowest BCUT2D eigenvalue weighted by molar-refractivity contribution is -1.02. The minimum absolute atomic E-state index is 0.0605. The van der Waals surface area contributed by atoms with Crippen LogP contribution in [0.5, 0.6) is 5.75 Å². The van der Waals surface area contributed by atoms with Gasteiger partial charge in [0.2, 0.25) is 0 Å². The number of rotatable bonds is 6. The first-order valence-electron chi connectivity index (χ1n) is 10.2. The second-order valence-corrected chi connectivity index (χ2v) is 8.13. The number of carbonyl (C=O) groups is 1. The van der Waals surface area contributed by atoms with Crippen LogP contribution >= 0.6 is 0 Å². The van der Waals surface area contributed by atoms with Crippen molar-refractivity contribution in [2.24, 2.45) is 0 Å². The first-order chi connectivity index (χ1) is 13.9. The number of aryl methyl sites for hydroxylation is 3. The number of amides is 1. The van der Waals surface area contributed by atoms with Gasteiger partial charge in [-0.1, -0.05) is 17.7 Å². The number of benzene rings is 2. The summed E-state index contributed by atoms with van der Waals surface area (Å²) in [6.45, 7) is 11.1.